The van der Waals surface area contributed by atoms with E-state index in [9.17, 15) is 4.79 Å². The first-order chi connectivity index (χ1) is 15.2. The quantitative estimate of drug-likeness (QED) is 0.429. The first-order valence-corrected chi connectivity index (χ1v) is 11.9. The van der Waals surface area contributed by atoms with E-state index in [2.05, 4.69) is 4.90 Å². The number of ether oxygens (including phenoxy) is 3. The molecule has 0 aromatic heterocycles. The zero-order valence-corrected chi connectivity index (χ0v) is 18.8. The van der Waals surface area contributed by atoms with E-state index in [-0.39, 0.29) is 5.78 Å². The van der Waals surface area contributed by atoms with Crippen molar-refractivity contribution in [1.29, 1.82) is 0 Å². The Bertz CT molecular complexity index is 920. The van der Waals surface area contributed by atoms with Crippen molar-refractivity contribution in [3.8, 4) is 17.2 Å². The molecule has 2 heterocycles. The fourth-order valence-corrected chi connectivity index (χ4v) is 4.67. The highest BCUT2D eigenvalue weighted by Crippen LogP contribution is 2.38. The third kappa shape index (κ3) is 5.83. The number of allylic oxidation sites excluding steroid dienone is 1. The molecule has 2 aromatic rings. The minimum absolute atomic E-state index is 0.0715. The number of hydrogen-bond acceptors (Lipinski definition) is 6. The number of benzene rings is 2. The molecule has 0 unspecified atom stereocenters. The lowest BCUT2D eigenvalue weighted by Gasteiger charge is -2.26. The number of carbonyl (C=O) groups is 1. The van der Waals surface area contributed by atoms with Crippen LogP contribution in [0.3, 0.4) is 0 Å². The highest BCUT2D eigenvalue weighted by atomic mass is 32.2. The molecule has 0 N–H and O–H groups in total. The van der Waals surface area contributed by atoms with Crippen LogP contribution in [0.25, 0.3) is 6.08 Å². The Balaban J connectivity index is 1.49. The summed E-state index contributed by atoms with van der Waals surface area (Å²) in [7, 11) is 1.64. The number of fused-ring (bicyclic) bond motifs is 1. The topological polar surface area (TPSA) is 48.0 Å². The van der Waals surface area contributed by atoms with Crippen LogP contribution in [0.2, 0.25) is 0 Å². The van der Waals surface area contributed by atoms with Crippen LogP contribution in [0.4, 0.5) is 0 Å². The van der Waals surface area contributed by atoms with Gasteiger partial charge in [-0.1, -0.05) is 24.6 Å². The second kappa shape index (κ2) is 10.7. The molecule has 0 spiro atoms. The Labute approximate surface area is 188 Å². The van der Waals surface area contributed by atoms with Gasteiger partial charge in [-0.05, 0) is 55.8 Å². The molecule has 2 aromatic carbocycles. The van der Waals surface area contributed by atoms with Gasteiger partial charge >= 0.3 is 0 Å². The molecule has 0 bridgehead atoms. The SMILES string of the molecule is COc1ccc(/C=C/C(=O)c2cc3c(cc2OCCN2CCCCC2)OCCS3)cc1. The molecule has 4 rings (SSSR count). The molecule has 6 heteroatoms. The Morgan fingerprint density at radius 2 is 1.97 bits per heavy atom. The van der Waals surface area contributed by atoms with Crippen molar-refractivity contribution in [2.45, 2.75) is 24.2 Å². The summed E-state index contributed by atoms with van der Waals surface area (Å²) in [5.41, 5.74) is 1.53. The van der Waals surface area contributed by atoms with Crippen LogP contribution in [0, 0.1) is 0 Å². The molecule has 1 fully saturated rings. The van der Waals surface area contributed by atoms with Gasteiger partial charge in [-0.3, -0.25) is 9.69 Å². The minimum atomic E-state index is -0.0715. The Hall–Kier alpha value is -2.44. The summed E-state index contributed by atoms with van der Waals surface area (Å²) in [5.74, 6) is 3.01. The molecule has 0 amide bonds. The van der Waals surface area contributed by atoms with Crippen LogP contribution in [0.1, 0.15) is 35.2 Å². The Morgan fingerprint density at radius 1 is 1.16 bits per heavy atom. The maximum atomic E-state index is 13.1. The number of carbonyl (C=O) groups excluding carboxylic acids is 1. The van der Waals surface area contributed by atoms with Crippen LogP contribution < -0.4 is 14.2 Å². The lowest BCUT2D eigenvalue weighted by atomic mass is 10.1. The van der Waals surface area contributed by atoms with Crippen LogP contribution in [-0.2, 0) is 0 Å². The van der Waals surface area contributed by atoms with Gasteiger partial charge in [0, 0.05) is 18.4 Å². The average molecular weight is 440 g/mol. The van der Waals surface area contributed by atoms with Crippen molar-refractivity contribution in [2.24, 2.45) is 0 Å². The van der Waals surface area contributed by atoms with Crippen molar-refractivity contribution >= 4 is 23.6 Å². The Kier molecular flexibility index (Phi) is 7.54. The second-order valence-corrected chi connectivity index (χ2v) is 8.85. The fourth-order valence-electron chi connectivity index (χ4n) is 3.83. The zero-order chi connectivity index (χ0) is 21.5. The molecule has 0 atom stereocenters. The summed E-state index contributed by atoms with van der Waals surface area (Å²) in [6, 6.07) is 11.4. The van der Waals surface area contributed by atoms with E-state index in [1.165, 1.54) is 19.3 Å². The first kappa shape index (κ1) is 21.8. The zero-order valence-electron chi connectivity index (χ0n) is 18.0. The number of thioether (sulfide) groups is 1. The molecule has 0 aliphatic carbocycles. The van der Waals surface area contributed by atoms with Gasteiger partial charge in [-0.25, -0.2) is 0 Å². The van der Waals surface area contributed by atoms with Crippen LogP contribution in [0.5, 0.6) is 17.2 Å². The van der Waals surface area contributed by atoms with Gasteiger partial charge in [0.05, 0.1) is 24.2 Å². The van der Waals surface area contributed by atoms with Crippen LogP contribution in [-0.4, -0.2) is 56.4 Å². The number of hydrogen-bond donors (Lipinski definition) is 0. The summed E-state index contributed by atoms with van der Waals surface area (Å²) in [5, 5.41) is 0. The van der Waals surface area contributed by atoms with Crippen molar-refractivity contribution in [3.63, 3.8) is 0 Å². The number of methoxy groups -OCH3 is 1. The number of rotatable bonds is 8. The molecule has 0 saturated carbocycles. The molecule has 0 radical (unpaired) electrons. The van der Waals surface area contributed by atoms with E-state index in [1.807, 2.05) is 42.5 Å². The molecule has 1 saturated heterocycles. The molecule has 164 valence electrons. The first-order valence-electron chi connectivity index (χ1n) is 10.9. The number of likely N-dealkylation sites (tertiary alicyclic amines) is 1. The highest BCUT2D eigenvalue weighted by molar-refractivity contribution is 7.99. The van der Waals surface area contributed by atoms with Crippen molar-refractivity contribution < 1.29 is 19.0 Å². The predicted molar refractivity (Wildman–Crippen MR) is 125 cm³/mol. The molecule has 2 aliphatic heterocycles. The molecule has 5 nitrogen and oxygen atoms in total. The van der Waals surface area contributed by atoms with Gasteiger partial charge in [0.2, 0.25) is 0 Å². The molecule has 31 heavy (non-hydrogen) atoms. The van der Waals surface area contributed by atoms with E-state index in [0.717, 1.165) is 47.3 Å². The van der Waals surface area contributed by atoms with Gasteiger partial charge in [0.25, 0.3) is 0 Å². The van der Waals surface area contributed by atoms with Gasteiger partial charge in [0.15, 0.2) is 5.78 Å². The monoisotopic (exact) mass is 439 g/mol. The number of ketones is 1. The second-order valence-electron chi connectivity index (χ2n) is 7.71. The maximum Gasteiger partial charge on any atom is 0.189 e. The predicted octanol–water partition coefficient (Wildman–Crippen LogP) is 4.94. The number of piperidine rings is 1. The van der Waals surface area contributed by atoms with Crippen molar-refractivity contribution in [1.82, 2.24) is 4.90 Å². The maximum absolute atomic E-state index is 13.1. The lowest BCUT2D eigenvalue weighted by Crippen LogP contribution is -2.33. The van der Waals surface area contributed by atoms with E-state index in [0.29, 0.717) is 24.5 Å². The summed E-state index contributed by atoms with van der Waals surface area (Å²) in [4.78, 5) is 16.5. The van der Waals surface area contributed by atoms with E-state index >= 15 is 0 Å². The van der Waals surface area contributed by atoms with Gasteiger partial charge < -0.3 is 14.2 Å². The molecular formula is C25H29NO4S. The van der Waals surface area contributed by atoms with Crippen LogP contribution in [0.15, 0.2) is 47.4 Å². The standard InChI is InChI=1S/C25H29NO4S/c1-28-20-8-5-19(6-9-20)7-10-22(27)21-17-25-24(30-15-16-31-25)18-23(21)29-14-13-26-11-3-2-4-12-26/h5-10,17-18H,2-4,11-16H2,1H3/b10-7+. The summed E-state index contributed by atoms with van der Waals surface area (Å²) in [6.45, 7) is 4.37. The summed E-state index contributed by atoms with van der Waals surface area (Å²) < 4.78 is 17.1. The van der Waals surface area contributed by atoms with E-state index < -0.39 is 0 Å². The third-order valence-corrected chi connectivity index (χ3v) is 6.57. The smallest absolute Gasteiger partial charge is 0.189 e. The van der Waals surface area contributed by atoms with E-state index in [1.54, 1.807) is 24.9 Å². The van der Waals surface area contributed by atoms with Gasteiger partial charge in [-0.15, -0.1) is 11.8 Å². The number of nitrogens with zero attached hydrogens (tertiary/aromatic N) is 1. The summed E-state index contributed by atoms with van der Waals surface area (Å²) >= 11 is 1.72. The lowest BCUT2D eigenvalue weighted by molar-refractivity contribution is 0.104. The van der Waals surface area contributed by atoms with Crippen LogP contribution >= 0.6 is 11.8 Å². The highest BCUT2D eigenvalue weighted by Gasteiger charge is 2.19. The largest absolute Gasteiger partial charge is 0.497 e. The molecular weight excluding hydrogens is 410 g/mol. The van der Waals surface area contributed by atoms with E-state index in [4.69, 9.17) is 14.2 Å². The van der Waals surface area contributed by atoms with Gasteiger partial charge in [-0.2, -0.15) is 0 Å². The Morgan fingerprint density at radius 3 is 2.74 bits per heavy atom. The normalized spacial score (nSPS) is 16.5. The third-order valence-electron chi connectivity index (χ3n) is 5.57. The minimum Gasteiger partial charge on any atom is -0.497 e. The average Bonchev–Trinajstić information content (AvgIpc) is 2.83. The van der Waals surface area contributed by atoms with Crippen molar-refractivity contribution in [3.05, 3.63) is 53.6 Å². The summed E-state index contributed by atoms with van der Waals surface area (Å²) in [6.07, 6.45) is 7.25. The van der Waals surface area contributed by atoms with Crippen molar-refractivity contribution in [2.75, 3.05) is 45.7 Å². The van der Waals surface area contributed by atoms with Gasteiger partial charge in [0.1, 0.15) is 23.9 Å². The fraction of sp³-hybridized carbons (Fsp3) is 0.400. The molecule has 2 aliphatic rings.